The van der Waals surface area contributed by atoms with Gasteiger partial charge in [0.1, 0.15) is 11.5 Å². The van der Waals surface area contributed by atoms with Crippen molar-refractivity contribution in [3.8, 4) is 22.6 Å². The Labute approximate surface area is 217 Å². The van der Waals surface area contributed by atoms with E-state index in [1.165, 1.54) is 5.56 Å². The van der Waals surface area contributed by atoms with Gasteiger partial charge in [-0.1, -0.05) is 0 Å². The minimum atomic E-state index is -0.861. The number of aryl methyl sites for hydroxylation is 3. The summed E-state index contributed by atoms with van der Waals surface area (Å²) in [7, 11) is 1.62. The van der Waals surface area contributed by atoms with Crippen LogP contribution in [0.5, 0.6) is 11.5 Å². The summed E-state index contributed by atoms with van der Waals surface area (Å²) in [6, 6.07) is 9.62. The fourth-order valence-corrected chi connectivity index (χ4v) is 5.95. The summed E-state index contributed by atoms with van der Waals surface area (Å²) in [5.74, 6) is 0.785. The lowest BCUT2D eigenvalue weighted by Crippen LogP contribution is -2.29. The number of rotatable bonds is 5. The maximum Gasteiger partial charge on any atom is 0.307 e. The molecule has 0 fully saturated rings. The van der Waals surface area contributed by atoms with E-state index in [1.807, 2.05) is 36.9 Å². The Kier molecular flexibility index (Phi) is 6.44. The zero-order valence-corrected chi connectivity index (χ0v) is 22.2. The van der Waals surface area contributed by atoms with Gasteiger partial charge in [0.05, 0.1) is 20.1 Å². The molecule has 6 heteroatoms. The maximum atomic E-state index is 13.7. The number of ether oxygens (including phenoxy) is 2. The van der Waals surface area contributed by atoms with Crippen molar-refractivity contribution in [2.45, 2.75) is 53.4 Å². The molecule has 37 heavy (non-hydrogen) atoms. The molecule has 0 saturated carbocycles. The third-order valence-electron chi connectivity index (χ3n) is 7.77. The van der Waals surface area contributed by atoms with Crippen molar-refractivity contribution in [2.75, 3.05) is 25.2 Å². The van der Waals surface area contributed by atoms with E-state index in [0.717, 1.165) is 81.1 Å². The van der Waals surface area contributed by atoms with Crippen LogP contribution in [0.3, 0.4) is 0 Å². The lowest BCUT2D eigenvalue weighted by Gasteiger charge is -2.26. The first-order chi connectivity index (χ1) is 17.7. The summed E-state index contributed by atoms with van der Waals surface area (Å²) < 4.78 is 11.4. The molecule has 1 N–H and O–H groups in total. The highest BCUT2D eigenvalue weighted by atomic mass is 16.5. The SMILES string of the molecule is COc1ccc(C(=O)N2CCc3c2cc(C)c(CC(=O)O)c3-c2cc(C)c3c(c2C)CCCO3)cc1C. The molecule has 0 unspecified atom stereocenters. The number of aliphatic carboxylic acids is 1. The van der Waals surface area contributed by atoms with Crippen LogP contribution in [0.2, 0.25) is 0 Å². The van der Waals surface area contributed by atoms with Crippen molar-refractivity contribution in [1.82, 2.24) is 0 Å². The number of carbonyl (C=O) groups is 2. The minimum absolute atomic E-state index is 0.0624. The number of carboxylic acid groups (broad SMARTS) is 1. The highest BCUT2D eigenvalue weighted by Gasteiger charge is 2.32. The molecule has 0 radical (unpaired) electrons. The standard InChI is InChI=1S/C31H33NO5/c1-17-15-26-23(10-11-32(26)31(35)21-8-9-27(36-5)18(2)13-21)29(24(17)16-28(33)34)25-14-19(3)30-22(20(25)4)7-6-12-37-30/h8-9,13-15H,6-7,10-12,16H2,1-5H3,(H,33,34). The van der Waals surface area contributed by atoms with Crippen LogP contribution in [-0.2, 0) is 24.1 Å². The number of methoxy groups -OCH3 is 1. The van der Waals surface area contributed by atoms with Crippen LogP contribution in [0.1, 0.15) is 55.7 Å². The van der Waals surface area contributed by atoms with Crippen LogP contribution in [-0.4, -0.2) is 37.2 Å². The molecule has 2 aliphatic heterocycles. The molecule has 0 atom stereocenters. The molecular weight excluding hydrogens is 466 g/mol. The number of nitrogens with zero attached hydrogens (tertiary/aromatic N) is 1. The van der Waals surface area contributed by atoms with Crippen LogP contribution in [0, 0.1) is 27.7 Å². The summed E-state index contributed by atoms with van der Waals surface area (Å²) in [4.78, 5) is 27.4. The second-order valence-electron chi connectivity index (χ2n) is 10.1. The average molecular weight is 500 g/mol. The highest BCUT2D eigenvalue weighted by molar-refractivity contribution is 6.08. The maximum absolute atomic E-state index is 13.7. The number of hydrogen-bond donors (Lipinski definition) is 1. The number of amides is 1. The van der Waals surface area contributed by atoms with Gasteiger partial charge in [0.2, 0.25) is 0 Å². The van der Waals surface area contributed by atoms with Crippen molar-refractivity contribution in [2.24, 2.45) is 0 Å². The average Bonchev–Trinajstić information content (AvgIpc) is 3.29. The molecule has 192 valence electrons. The van der Waals surface area contributed by atoms with Crippen LogP contribution in [0.25, 0.3) is 11.1 Å². The zero-order chi connectivity index (χ0) is 26.4. The molecule has 0 bridgehead atoms. The molecule has 1 amide bonds. The van der Waals surface area contributed by atoms with Crippen molar-refractivity contribution >= 4 is 17.6 Å². The van der Waals surface area contributed by atoms with Gasteiger partial charge in [-0.25, -0.2) is 0 Å². The predicted octanol–water partition coefficient (Wildman–Crippen LogP) is 5.75. The van der Waals surface area contributed by atoms with Gasteiger partial charge in [-0.3, -0.25) is 9.59 Å². The van der Waals surface area contributed by atoms with E-state index in [0.29, 0.717) is 18.5 Å². The van der Waals surface area contributed by atoms with Crippen molar-refractivity contribution in [3.63, 3.8) is 0 Å². The topological polar surface area (TPSA) is 76.1 Å². The fourth-order valence-electron chi connectivity index (χ4n) is 5.95. The van der Waals surface area contributed by atoms with Gasteiger partial charge >= 0.3 is 5.97 Å². The Balaban J connectivity index is 1.68. The molecule has 5 rings (SSSR count). The first kappa shape index (κ1) is 24.9. The number of fused-ring (bicyclic) bond motifs is 2. The van der Waals surface area contributed by atoms with E-state index in [1.54, 1.807) is 13.2 Å². The largest absolute Gasteiger partial charge is 0.496 e. The molecular formula is C31H33NO5. The Morgan fingerprint density at radius 3 is 2.49 bits per heavy atom. The summed E-state index contributed by atoms with van der Waals surface area (Å²) in [5, 5.41) is 9.79. The van der Waals surface area contributed by atoms with Gasteiger partial charge in [0.15, 0.2) is 0 Å². The Morgan fingerprint density at radius 2 is 1.78 bits per heavy atom. The molecule has 2 heterocycles. The molecule has 0 spiro atoms. The summed E-state index contributed by atoms with van der Waals surface area (Å²) in [6.07, 6.45) is 2.52. The molecule has 0 aliphatic carbocycles. The lowest BCUT2D eigenvalue weighted by atomic mass is 9.83. The normalized spacial score (nSPS) is 14.1. The molecule has 2 aliphatic rings. The van der Waals surface area contributed by atoms with Crippen molar-refractivity contribution in [1.29, 1.82) is 0 Å². The third-order valence-corrected chi connectivity index (χ3v) is 7.77. The fraction of sp³-hybridized carbons (Fsp3) is 0.355. The van der Waals surface area contributed by atoms with Gasteiger partial charge in [0.25, 0.3) is 5.91 Å². The van der Waals surface area contributed by atoms with E-state index in [9.17, 15) is 14.7 Å². The minimum Gasteiger partial charge on any atom is -0.496 e. The van der Waals surface area contributed by atoms with E-state index >= 15 is 0 Å². The summed E-state index contributed by atoms with van der Waals surface area (Å²) >= 11 is 0. The smallest absolute Gasteiger partial charge is 0.307 e. The number of carboxylic acids is 1. The third kappa shape index (κ3) is 4.24. The van der Waals surface area contributed by atoms with Crippen LogP contribution in [0.15, 0.2) is 30.3 Å². The van der Waals surface area contributed by atoms with Gasteiger partial charge in [-0.05, 0) is 127 Å². The quantitative estimate of drug-likeness (QED) is 0.484. The van der Waals surface area contributed by atoms with Gasteiger partial charge in [0, 0.05) is 17.8 Å². The molecule has 3 aromatic rings. The Morgan fingerprint density at radius 1 is 1.00 bits per heavy atom. The van der Waals surface area contributed by atoms with Crippen molar-refractivity contribution in [3.05, 3.63) is 74.8 Å². The van der Waals surface area contributed by atoms with Crippen molar-refractivity contribution < 1.29 is 24.2 Å². The van der Waals surface area contributed by atoms with E-state index in [4.69, 9.17) is 9.47 Å². The molecule has 6 nitrogen and oxygen atoms in total. The predicted molar refractivity (Wildman–Crippen MR) is 144 cm³/mol. The lowest BCUT2D eigenvalue weighted by molar-refractivity contribution is -0.136. The first-order valence-corrected chi connectivity index (χ1v) is 12.8. The summed E-state index contributed by atoms with van der Waals surface area (Å²) in [6.45, 7) is 9.32. The second kappa shape index (κ2) is 9.58. The molecule has 0 aromatic heterocycles. The monoisotopic (exact) mass is 499 g/mol. The van der Waals surface area contributed by atoms with Crippen LogP contribution >= 0.6 is 0 Å². The van der Waals surface area contributed by atoms with Gasteiger partial charge in [-0.15, -0.1) is 0 Å². The van der Waals surface area contributed by atoms with E-state index in [2.05, 4.69) is 19.9 Å². The van der Waals surface area contributed by atoms with Gasteiger partial charge in [-0.2, -0.15) is 0 Å². The van der Waals surface area contributed by atoms with Crippen LogP contribution < -0.4 is 14.4 Å². The number of carbonyl (C=O) groups excluding carboxylic acids is 1. The second-order valence-corrected chi connectivity index (χ2v) is 10.1. The summed E-state index contributed by atoms with van der Waals surface area (Å²) in [5.41, 5.74) is 10.5. The van der Waals surface area contributed by atoms with Gasteiger partial charge < -0.3 is 19.5 Å². The molecule has 3 aromatic carbocycles. The van der Waals surface area contributed by atoms with E-state index < -0.39 is 5.97 Å². The molecule has 0 saturated heterocycles. The highest BCUT2D eigenvalue weighted by Crippen LogP contribution is 2.45. The number of anilines is 1. The zero-order valence-electron chi connectivity index (χ0n) is 22.2. The first-order valence-electron chi connectivity index (χ1n) is 12.8. The Bertz CT molecular complexity index is 1440. The Hall–Kier alpha value is -3.80. The van der Waals surface area contributed by atoms with Crippen LogP contribution in [0.4, 0.5) is 5.69 Å². The van der Waals surface area contributed by atoms with E-state index in [-0.39, 0.29) is 12.3 Å². The number of benzene rings is 3. The number of hydrogen-bond acceptors (Lipinski definition) is 4.